The van der Waals surface area contributed by atoms with Crippen molar-refractivity contribution >= 4 is 42.9 Å². The number of rotatable bonds is 2. The van der Waals surface area contributed by atoms with Crippen LogP contribution in [0.2, 0.25) is 0 Å². The van der Waals surface area contributed by atoms with E-state index in [1.54, 1.807) is 0 Å². The van der Waals surface area contributed by atoms with Crippen LogP contribution < -0.4 is 5.69 Å². The quantitative estimate of drug-likeness (QED) is 0.644. The number of fused-ring (bicyclic) bond motifs is 1. The molecule has 5 heteroatoms. The van der Waals surface area contributed by atoms with Crippen LogP contribution in [0.3, 0.4) is 0 Å². The minimum atomic E-state index is -0.154. The van der Waals surface area contributed by atoms with Gasteiger partial charge in [-0.05, 0) is 41.9 Å². The molecule has 0 amide bonds. The summed E-state index contributed by atoms with van der Waals surface area (Å²) in [6, 6.07) is 4.08. The minimum absolute atomic E-state index is 0.154. The first-order valence-electron chi connectivity index (χ1n) is 7.44. The van der Waals surface area contributed by atoms with Gasteiger partial charge in [0.05, 0.1) is 11.0 Å². The number of halogens is 2. The summed E-state index contributed by atoms with van der Waals surface area (Å²) in [7, 11) is 0. The molecule has 0 aliphatic heterocycles. The number of benzene rings is 1. The van der Waals surface area contributed by atoms with Gasteiger partial charge in [-0.15, -0.1) is 0 Å². The van der Waals surface area contributed by atoms with Crippen molar-refractivity contribution in [1.82, 2.24) is 9.97 Å². The lowest BCUT2D eigenvalue weighted by Crippen LogP contribution is -2.30. The molecule has 1 aliphatic rings. The summed E-state index contributed by atoms with van der Waals surface area (Å²) in [5.41, 5.74) is 3.12. The van der Waals surface area contributed by atoms with Crippen LogP contribution in [0.1, 0.15) is 49.9 Å². The highest BCUT2D eigenvalue weighted by atomic mass is 79.9. The Labute approximate surface area is 141 Å². The number of hydrogen-bond acceptors (Lipinski definition) is 1. The molecule has 0 spiro atoms. The monoisotopic (exact) mass is 414 g/mol. The molecule has 2 aromatic rings. The lowest BCUT2D eigenvalue weighted by atomic mass is 9.67. The van der Waals surface area contributed by atoms with E-state index >= 15 is 0 Å². The number of hydrogen-bond donors (Lipinski definition) is 2. The van der Waals surface area contributed by atoms with E-state index in [2.05, 4.69) is 61.7 Å². The van der Waals surface area contributed by atoms with Gasteiger partial charge < -0.3 is 9.97 Å². The molecule has 21 heavy (non-hydrogen) atoms. The predicted octanol–water partition coefficient (Wildman–Crippen LogP) is 5.27. The van der Waals surface area contributed by atoms with Crippen LogP contribution in [0.15, 0.2) is 21.4 Å². The average Bonchev–Trinajstić information content (AvgIpc) is 2.75. The van der Waals surface area contributed by atoms with Gasteiger partial charge in [0, 0.05) is 9.30 Å². The summed E-state index contributed by atoms with van der Waals surface area (Å²) in [5.74, 6) is 0.602. The first-order valence-corrected chi connectivity index (χ1v) is 9.15. The van der Waals surface area contributed by atoms with Crippen molar-refractivity contribution < 1.29 is 0 Å². The van der Waals surface area contributed by atoms with Crippen LogP contribution in [-0.2, 0) is 0 Å². The summed E-state index contributed by atoms with van der Waals surface area (Å²) in [5, 5.41) is 0. The van der Waals surface area contributed by atoms with Crippen molar-refractivity contribution in [1.29, 1.82) is 0 Å². The van der Waals surface area contributed by atoms with Crippen molar-refractivity contribution in [3.8, 4) is 0 Å². The van der Waals surface area contributed by atoms with E-state index in [1.165, 1.54) is 31.2 Å². The molecule has 1 aliphatic carbocycles. The van der Waals surface area contributed by atoms with Crippen LogP contribution in [0.5, 0.6) is 0 Å². The fourth-order valence-corrected chi connectivity index (χ4v) is 5.82. The van der Waals surface area contributed by atoms with Crippen LogP contribution >= 0.6 is 31.9 Å². The third-order valence-corrected chi connectivity index (χ3v) is 6.69. The van der Waals surface area contributed by atoms with Gasteiger partial charge >= 0.3 is 5.69 Å². The first-order chi connectivity index (χ1) is 9.88. The molecule has 1 fully saturated rings. The van der Waals surface area contributed by atoms with E-state index in [-0.39, 0.29) is 5.69 Å². The summed E-state index contributed by atoms with van der Waals surface area (Å²) >= 11 is 7.60. The lowest BCUT2D eigenvalue weighted by molar-refractivity contribution is 0.136. The SMILES string of the molecule is CC1(C)CCCCC1C(Br)c1cc2[nH]c(=O)[nH]c2cc1Br. The maximum absolute atomic E-state index is 11.4. The zero-order valence-electron chi connectivity index (χ0n) is 12.3. The van der Waals surface area contributed by atoms with Gasteiger partial charge in [-0.1, -0.05) is 58.5 Å². The highest BCUT2D eigenvalue weighted by molar-refractivity contribution is 9.11. The Hall–Kier alpha value is -0.550. The second-order valence-electron chi connectivity index (χ2n) is 6.74. The van der Waals surface area contributed by atoms with Crippen molar-refractivity contribution in [2.24, 2.45) is 11.3 Å². The third-order valence-electron chi connectivity index (χ3n) is 4.87. The van der Waals surface area contributed by atoms with E-state index < -0.39 is 0 Å². The lowest BCUT2D eigenvalue weighted by Gasteiger charge is -2.41. The summed E-state index contributed by atoms with van der Waals surface area (Å²) in [6.45, 7) is 4.74. The molecule has 1 aromatic heterocycles. The highest BCUT2D eigenvalue weighted by Gasteiger charge is 2.37. The van der Waals surface area contributed by atoms with Crippen molar-refractivity contribution in [2.75, 3.05) is 0 Å². The number of H-pyrrole nitrogens is 2. The van der Waals surface area contributed by atoms with E-state index in [1.807, 2.05) is 6.07 Å². The van der Waals surface area contributed by atoms with E-state index in [0.29, 0.717) is 16.2 Å². The van der Waals surface area contributed by atoms with Gasteiger partial charge in [0.2, 0.25) is 0 Å². The van der Waals surface area contributed by atoms with E-state index in [9.17, 15) is 4.79 Å². The molecule has 3 nitrogen and oxygen atoms in total. The maximum atomic E-state index is 11.4. The largest absolute Gasteiger partial charge is 0.323 e. The molecule has 1 aromatic carbocycles. The molecule has 2 N–H and O–H groups in total. The first kappa shape index (κ1) is 15.3. The van der Waals surface area contributed by atoms with Crippen LogP contribution in [0, 0.1) is 11.3 Å². The Kier molecular flexibility index (Phi) is 4.08. The topological polar surface area (TPSA) is 48.6 Å². The predicted molar refractivity (Wildman–Crippen MR) is 94.0 cm³/mol. The van der Waals surface area contributed by atoms with Crippen molar-refractivity contribution in [3.05, 3.63) is 32.7 Å². The fourth-order valence-electron chi connectivity index (χ4n) is 3.56. The van der Waals surface area contributed by atoms with Gasteiger partial charge in [-0.3, -0.25) is 0 Å². The van der Waals surface area contributed by atoms with E-state index in [4.69, 9.17) is 0 Å². The molecule has 0 saturated heterocycles. The average molecular weight is 416 g/mol. The fraction of sp³-hybridized carbons (Fsp3) is 0.562. The zero-order valence-corrected chi connectivity index (χ0v) is 15.5. The van der Waals surface area contributed by atoms with Gasteiger partial charge in [-0.25, -0.2) is 4.79 Å². The third kappa shape index (κ3) is 2.87. The van der Waals surface area contributed by atoms with Crippen LogP contribution in [0.25, 0.3) is 11.0 Å². The summed E-state index contributed by atoms with van der Waals surface area (Å²) in [4.78, 5) is 17.4. The molecule has 0 bridgehead atoms. The Balaban J connectivity index is 2.02. The molecule has 1 heterocycles. The zero-order chi connectivity index (χ0) is 15.2. The Morgan fingerprint density at radius 2 is 1.90 bits per heavy atom. The molecule has 1 saturated carbocycles. The van der Waals surface area contributed by atoms with Crippen LogP contribution in [-0.4, -0.2) is 9.97 Å². The minimum Gasteiger partial charge on any atom is -0.306 e. The molecule has 2 unspecified atom stereocenters. The molecule has 0 radical (unpaired) electrons. The Morgan fingerprint density at radius 3 is 2.57 bits per heavy atom. The highest BCUT2D eigenvalue weighted by Crippen LogP contribution is 2.51. The molecular formula is C16H20Br2N2O. The molecule has 2 atom stereocenters. The Morgan fingerprint density at radius 1 is 1.24 bits per heavy atom. The molecule has 114 valence electrons. The number of imidazole rings is 1. The van der Waals surface area contributed by atoms with Gasteiger partial charge in [0.15, 0.2) is 0 Å². The number of aromatic amines is 2. The molecular weight excluding hydrogens is 396 g/mol. The van der Waals surface area contributed by atoms with E-state index in [0.717, 1.165) is 15.5 Å². The smallest absolute Gasteiger partial charge is 0.306 e. The molecule has 3 rings (SSSR count). The Bertz CT molecular complexity index is 717. The second-order valence-corrected chi connectivity index (χ2v) is 8.58. The summed E-state index contributed by atoms with van der Waals surface area (Å²) in [6.07, 6.45) is 5.16. The van der Waals surface area contributed by atoms with Crippen molar-refractivity contribution in [2.45, 2.75) is 44.4 Å². The number of aromatic nitrogens is 2. The van der Waals surface area contributed by atoms with Crippen LogP contribution in [0.4, 0.5) is 0 Å². The van der Waals surface area contributed by atoms with Crippen molar-refractivity contribution in [3.63, 3.8) is 0 Å². The maximum Gasteiger partial charge on any atom is 0.323 e. The standard InChI is InChI=1S/C16H20Br2N2O/c1-16(2)6-4-3-5-10(16)14(18)9-7-12-13(8-11(9)17)20-15(21)19-12/h7-8,10,14H,3-6H2,1-2H3,(H2,19,20,21). The number of nitrogens with one attached hydrogen (secondary N) is 2. The van der Waals surface area contributed by atoms with Gasteiger partial charge in [0.1, 0.15) is 0 Å². The normalized spacial score (nSPS) is 23.3. The second kappa shape index (κ2) is 5.58. The number of alkyl halides is 1. The van der Waals surface area contributed by atoms with Gasteiger partial charge in [0.25, 0.3) is 0 Å². The van der Waals surface area contributed by atoms with Gasteiger partial charge in [-0.2, -0.15) is 0 Å². The summed E-state index contributed by atoms with van der Waals surface area (Å²) < 4.78 is 1.05.